The molecule has 17 heavy (non-hydrogen) atoms. The lowest BCUT2D eigenvalue weighted by Crippen LogP contribution is -2.28. The zero-order valence-corrected chi connectivity index (χ0v) is 10.1. The van der Waals surface area contributed by atoms with Crippen LogP contribution in [0.3, 0.4) is 0 Å². The molecular weight excluding hydrogens is 218 g/mol. The molecule has 2 rings (SSSR count). The molecule has 4 nitrogen and oxygen atoms in total. The van der Waals surface area contributed by atoms with Crippen LogP contribution in [0.15, 0.2) is 24.3 Å². The van der Waals surface area contributed by atoms with Gasteiger partial charge in [-0.15, -0.1) is 0 Å². The Labute approximate surface area is 101 Å². The van der Waals surface area contributed by atoms with Gasteiger partial charge < -0.3 is 14.7 Å². The first-order chi connectivity index (χ1) is 8.08. The van der Waals surface area contributed by atoms with Crippen molar-refractivity contribution in [2.24, 2.45) is 5.92 Å². The average molecular weight is 235 g/mol. The first kappa shape index (κ1) is 11.8. The Hall–Kier alpha value is -1.71. The summed E-state index contributed by atoms with van der Waals surface area (Å²) in [5, 5.41) is 9.72. The van der Waals surface area contributed by atoms with Gasteiger partial charge in [-0.25, -0.2) is 4.79 Å². The number of carbonyl (C=O) groups excluding carboxylic acids is 1. The van der Waals surface area contributed by atoms with Gasteiger partial charge in [0.2, 0.25) is 0 Å². The van der Waals surface area contributed by atoms with Gasteiger partial charge in [0, 0.05) is 12.1 Å². The van der Waals surface area contributed by atoms with E-state index in [9.17, 15) is 9.90 Å². The second-order valence-corrected chi connectivity index (χ2v) is 4.73. The van der Waals surface area contributed by atoms with Crippen molar-refractivity contribution in [1.82, 2.24) is 4.90 Å². The van der Waals surface area contributed by atoms with Crippen LogP contribution in [0.2, 0.25) is 0 Å². The van der Waals surface area contributed by atoms with Gasteiger partial charge in [0.05, 0.1) is 6.54 Å². The van der Waals surface area contributed by atoms with Crippen LogP contribution in [-0.4, -0.2) is 29.2 Å². The summed E-state index contributed by atoms with van der Waals surface area (Å²) in [7, 11) is 0. The lowest BCUT2D eigenvalue weighted by atomic mass is 10.1. The van der Waals surface area contributed by atoms with Gasteiger partial charge in [-0.1, -0.05) is 32.0 Å². The molecule has 92 valence electrons. The summed E-state index contributed by atoms with van der Waals surface area (Å²) in [6, 6.07) is 6.97. The summed E-state index contributed by atoms with van der Waals surface area (Å²) in [6.45, 7) is 5.30. The number of phenols is 1. The van der Waals surface area contributed by atoms with Crippen LogP contribution in [0, 0.1) is 5.92 Å². The van der Waals surface area contributed by atoms with Crippen molar-refractivity contribution in [1.29, 1.82) is 0 Å². The molecule has 1 fully saturated rings. The van der Waals surface area contributed by atoms with E-state index < -0.39 is 0 Å². The summed E-state index contributed by atoms with van der Waals surface area (Å²) in [5.41, 5.74) is 0.673. The van der Waals surface area contributed by atoms with E-state index in [4.69, 9.17) is 4.74 Å². The quantitative estimate of drug-likeness (QED) is 0.875. The molecule has 1 aliphatic heterocycles. The minimum absolute atomic E-state index is 0.177. The number of ether oxygens (including phenoxy) is 1. The smallest absolute Gasteiger partial charge is 0.410 e. The molecule has 0 radical (unpaired) electrons. The minimum Gasteiger partial charge on any atom is -0.508 e. The molecule has 1 amide bonds. The number of hydrogen-bond donors (Lipinski definition) is 1. The maximum absolute atomic E-state index is 11.6. The average Bonchev–Trinajstić information content (AvgIpc) is 2.60. The molecule has 0 spiro atoms. The molecule has 0 bridgehead atoms. The fraction of sp³-hybridized carbons (Fsp3) is 0.462. The molecular formula is C13H17NO3. The summed E-state index contributed by atoms with van der Waals surface area (Å²) < 4.78 is 5.27. The lowest BCUT2D eigenvalue weighted by molar-refractivity contribution is 0.130. The minimum atomic E-state index is -0.359. The predicted octanol–water partition coefficient (Wildman–Crippen LogP) is 2.54. The van der Waals surface area contributed by atoms with Gasteiger partial charge in [-0.3, -0.25) is 0 Å². The number of rotatable bonds is 3. The highest BCUT2D eigenvalue weighted by Gasteiger charge is 2.33. The van der Waals surface area contributed by atoms with Crippen molar-refractivity contribution in [3.63, 3.8) is 0 Å². The van der Waals surface area contributed by atoms with Gasteiger partial charge >= 0.3 is 6.09 Å². The third kappa shape index (κ3) is 2.52. The molecule has 4 heteroatoms. The number of aromatic hydroxyl groups is 1. The maximum atomic E-state index is 11.6. The zero-order chi connectivity index (χ0) is 12.4. The fourth-order valence-electron chi connectivity index (χ4n) is 2.02. The molecule has 1 N–H and O–H groups in total. The van der Waals surface area contributed by atoms with E-state index in [2.05, 4.69) is 13.8 Å². The normalized spacial score (nSPS) is 19.8. The number of phenolic OH excluding ortho intramolecular Hbond substituents is 1. The first-order valence-electron chi connectivity index (χ1n) is 5.81. The highest BCUT2D eigenvalue weighted by atomic mass is 16.6. The van der Waals surface area contributed by atoms with Gasteiger partial charge in [0.25, 0.3) is 0 Å². The van der Waals surface area contributed by atoms with Crippen molar-refractivity contribution in [3.8, 4) is 5.75 Å². The van der Waals surface area contributed by atoms with E-state index in [1.807, 2.05) is 6.07 Å². The Morgan fingerprint density at radius 1 is 1.47 bits per heavy atom. The van der Waals surface area contributed by atoms with Crippen molar-refractivity contribution in [2.45, 2.75) is 20.0 Å². The van der Waals surface area contributed by atoms with Crippen LogP contribution in [0.25, 0.3) is 0 Å². The molecule has 1 aromatic carbocycles. The summed E-state index contributed by atoms with van der Waals surface area (Å²) in [6.07, 6.45) is -0.658. The Morgan fingerprint density at radius 3 is 2.82 bits per heavy atom. The number of nitrogens with zero attached hydrogens (tertiary/aromatic N) is 1. The SMILES string of the molecule is CC(C)CN1CC(c2ccccc2O)OC1=O. The second-order valence-electron chi connectivity index (χ2n) is 4.73. The van der Waals surface area contributed by atoms with Crippen LogP contribution < -0.4 is 0 Å². The Balaban J connectivity index is 2.11. The molecule has 0 aromatic heterocycles. The molecule has 1 saturated heterocycles. The summed E-state index contributed by atoms with van der Waals surface area (Å²) >= 11 is 0. The van der Waals surface area contributed by atoms with Gasteiger partial charge in [0.15, 0.2) is 0 Å². The Bertz CT molecular complexity index is 417. The van der Waals surface area contributed by atoms with E-state index >= 15 is 0 Å². The number of para-hydroxylation sites is 1. The highest BCUT2D eigenvalue weighted by Crippen LogP contribution is 2.31. The van der Waals surface area contributed by atoms with E-state index in [1.165, 1.54) is 0 Å². The van der Waals surface area contributed by atoms with E-state index in [1.54, 1.807) is 23.1 Å². The topological polar surface area (TPSA) is 49.8 Å². The Kier molecular flexibility index (Phi) is 3.22. The standard InChI is InChI=1S/C13H17NO3/c1-9(2)7-14-8-12(17-13(14)16)10-5-3-4-6-11(10)15/h3-6,9,12,15H,7-8H2,1-2H3. The van der Waals surface area contributed by atoms with Crippen LogP contribution >= 0.6 is 0 Å². The lowest BCUT2D eigenvalue weighted by Gasteiger charge is -2.15. The number of benzene rings is 1. The molecule has 0 aliphatic carbocycles. The number of hydrogen-bond acceptors (Lipinski definition) is 3. The van der Waals surface area contributed by atoms with Crippen LogP contribution in [-0.2, 0) is 4.74 Å². The Morgan fingerprint density at radius 2 is 2.18 bits per heavy atom. The fourth-order valence-corrected chi connectivity index (χ4v) is 2.02. The summed E-state index contributed by atoms with van der Waals surface area (Å²) in [5.74, 6) is 0.586. The van der Waals surface area contributed by atoms with Crippen molar-refractivity contribution >= 4 is 6.09 Å². The monoisotopic (exact) mass is 235 g/mol. The van der Waals surface area contributed by atoms with E-state index in [0.29, 0.717) is 24.6 Å². The van der Waals surface area contributed by atoms with Gasteiger partial charge in [-0.2, -0.15) is 0 Å². The molecule has 1 heterocycles. The number of cyclic esters (lactones) is 1. The number of amides is 1. The van der Waals surface area contributed by atoms with Crippen LogP contribution in [0.4, 0.5) is 4.79 Å². The van der Waals surface area contributed by atoms with Crippen molar-refractivity contribution in [3.05, 3.63) is 29.8 Å². The number of carbonyl (C=O) groups is 1. The van der Waals surface area contributed by atoms with Gasteiger partial charge in [0.1, 0.15) is 11.9 Å². The van der Waals surface area contributed by atoms with Crippen LogP contribution in [0.5, 0.6) is 5.75 Å². The largest absolute Gasteiger partial charge is 0.508 e. The molecule has 1 unspecified atom stereocenters. The molecule has 1 aliphatic rings. The molecule has 0 saturated carbocycles. The highest BCUT2D eigenvalue weighted by molar-refractivity contribution is 5.70. The third-order valence-corrected chi connectivity index (χ3v) is 2.76. The van der Waals surface area contributed by atoms with Crippen molar-refractivity contribution < 1.29 is 14.6 Å². The second kappa shape index (κ2) is 4.65. The first-order valence-corrected chi connectivity index (χ1v) is 5.81. The van der Waals surface area contributed by atoms with E-state index in [-0.39, 0.29) is 17.9 Å². The zero-order valence-electron chi connectivity index (χ0n) is 10.1. The van der Waals surface area contributed by atoms with Gasteiger partial charge in [-0.05, 0) is 12.0 Å². The molecule has 1 aromatic rings. The maximum Gasteiger partial charge on any atom is 0.410 e. The predicted molar refractivity (Wildman–Crippen MR) is 63.7 cm³/mol. The molecule has 1 atom stereocenters. The third-order valence-electron chi connectivity index (χ3n) is 2.76. The summed E-state index contributed by atoms with van der Waals surface area (Å²) in [4.78, 5) is 13.3. The van der Waals surface area contributed by atoms with Crippen LogP contribution in [0.1, 0.15) is 25.5 Å². The van der Waals surface area contributed by atoms with E-state index in [0.717, 1.165) is 0 Å². The van der Waals surface area contributed by atoms with Crippen molar-refractivity contribution in [2.75, 3.05) is 13.1 Å².